The molecule has 3 aromatic rings. The number of aromatic nitrogens is 5. The quantitative estimate of drug-likeness (QED) is 0.518. The molecule has 0 N–H and O–H groups in total. The van der Waals surface area contributed by atoms with Crippen LogP contribution in [0.4, 0.5) is 33.6 Å². The molecule has 3 aromatic heterocycles. The van der Waals surface area contributed by atoms with Crippen molar-refractivity contribution in [1.82, 2.24) is 24.7 Å². The third-order valence-corrected chi connectivity index (χ3v) is 6.89. The SMILES string of the molecule is Cc1nn(CC(F)F)c2nc(N3CCC4(CCN(c5cc(C(F)(F)F)ccn5)CC4)C3)cnc12. The maximum Gasteiger partial charge on any atom is 0.416 e. The van der Waals surface area contributed by atoms with E-state index in [0.717, 1.165) is 44.5 Å². The summed E-state index contributed by atoms with van der Waals surface area (Å²) >= 11 is 0. The van der Waals surface area contributed by atoms with E-state index in [1.165, 1.54) is 10.9 Å². The third-order valence-electron chi connectivity index (χ3n) is 6.89. The van der Waals surface area contributed by atoms with Crippen LogP contribution in [0.25, 0.3) is 11.2 Å². The lowest BCUT2D eigenvalue weighted by molar-refractivity contribution is -0.137. The van der Waals surface area contributed by atoms with Crippen LogP contribution >= 0.6 is 0 Å². The maximum absolute atomic E-state index is 13.1. The van der Waals surface area contributed by atoms with Gasteiger partial charge in [0.1, 0.15) is 23.7 Å². The smallest absolute Gasteiger partial charge is 0.357 e. The van der Waals surface area contributed by atoms with Gasteiger partial charge >= 0.3 is 6.18 Å². The molecule has 0 saturated carbocycles. The molecule has 0 radical (unpaired) electrons. The van der Waals surface area contributed by atoms with Gasteiger partial charge < -0.3 is 9.80 Å². The van der Waals surface area contributed by atoms with Gasteiger partial charge in [0.2, 0.25) is 0 Å². The molecule has 5 rings (SSSR count). The molecule has 0 aliphatic carbocycles. The summed E-state index contributed by atoms with van der Waals surface area (Å²) in [6.45, 7) is 3.91. The minimum atomic E-state index is -4.40. The van der Waals surface area contributed by atoms with Crippen LogP contribution in [0.2, 0.25) is 0 Å². The van der Waals surface area contributed by atoms with Gasteiger partial charge in [-0.05, 0) is 43.7 Å². The zero-order valence-electron chi connectivity index (χ0n) is 18.6. The summed E-state index contributed by atoms with van der Waals surface area (Å²) in [5, 5.41) is 4.15. The number of rotatable bonds is 4. The van der Waals surface area contributed by atoms with Crippen molar-refractivity contribution in [1.29, 1.82) is 0 Å². The van der Waals surface area contributed by atoms with Gasteiger partial charge in [-0.2, -0.15) is 18.3 Å². The monoisotopic (exact) mass is 481 g/mol. The normalized spacial score (nSPS) is 18.6. The van der Waals surface area contributed by atoms with Crippen molar-refractivity contribution < 1.29 is 22.0 Å². The van der Waals surface area contributed by atoms with Gasteiger partial charge in [-0.25, -0.2) is 28.4 Å². The molecule has 0 amide bonds. The highest BCUT2D eigenvalue weighted by atomic mass is 19.4. The summed E-state index contributed by atoms with van der Waals surface area (Å²) in [4.78, 5) is 17.2. The van der Waals surface area contributed by atoms with Gasteiger partial charge in [0.15, 0.2) is 5.65 Å². The first-order valence-corrected chi connectivity index (χ1v) is 11.2. The molecule has 34 heavy (non-hydrogen) atoms. The number of pyridine rings is 1. The lowest BCUT2D eigenvalue weighted by Crippen LogP contribution is -2.42. The van der Waals surface area contributed by atoms with E-state index in [-0.39, 0.29) is 5.41 Å². The Kier molecular flexibility index (Phi) is 5.56. The van der Waals surface area contributed by atoms with Gasteiger partial charge in [0.25, 0.3) is 6.43 Å². The molecular weight excluding hydrogens is 457 g/mol. The highest BCUT2D eigenvalue weighted by molar-refractivity contribution is 5.74. The number of nitrogens with zero attached hydrogens (tertiary/aromatic N) is 7. The second kappa shape index (κ2) is 8.31. The third kappa shape index (κ3) is 4.25. The van der Waals surface area contributed by atoms with Gasteiger partial charge in [-0.3, -0.25) is 0 Å². The molecule has 0 bridgehead atoms. The van der Waals surface area contributed by atoms with E-state index in [2.05, 4.69) is 25.0 Å². The van der Waals surface area contributed by atoms with Gasteiger partial charge in [0, 0.05) is 32.4 Å². The van der Waals surface area contributed by atoms with Crippen molar-refractivity contribution in [3.63, 3.8) is 0 Å². The number of fused-ring (bicyclic) bond motifs is 1. The Hall–Kier alpha value is -3.05. The van der Waals surface area contributed by atoms with E-state index in [0.29, 0.717) is 41.6 Å². The average molecular weight is 481 g/mol. The van der Waals surface area contributed by atoms with Gasteiger partial charge in [0.05, 0.1) is 17.5 Å². The number of aryl methyl sites for hydroxylation is 1. The van der Waals surface area contributed by atoms with E-state index in [4.69, 9.17) is 0 Å². The number of piperidine rings is 1. The first kappa shape index (κ1) is 22.7. The molecule has 0 atom stereocenters. The molecule has 1 spiro atoms. The van der Waals surface area contributed by atoms with Crippen molar-refractivity contribution in [3.05, 3.63) is 35.8 Å². The Morgan fingerprint density at radius 2 is 1.74 bits per heavy atom. The van der Waals surface area contributed by atoms with E-state index in [1.54, 1.807) is 13.1 Å². The second-order valence-corrected chi connectivity index (χ2v) is 9.12. The number of anilines is 2. The van der Waals surface area contributed by atoms with Crippen LogP contribution in [0.15, 0.2) is 24.5 Å². The summed E-state index contributed by atoms with van der Waals surface area (Å²) in [5.74, 6) is 0.972. The Bertz CT molecular complexity index is 1180. The molecule has 182 valence electrons. The largest absolute Gasteiger partial charge is 0.416 e. The van der Waals surface area contributed by atoms with Crippen LogP contribution in [0, 0.1) is 12.3 Å². The molecule has 2 fully saturated rings. The molecule has 12 heteroatoms. The van der Waals surface area contributed by atoms with Crippen molar-refractivity contribution in [2.45, 2.75) is 45.3 Å². The fourth-order valence-corrected chi connectivity index (χ4v) is 5.01. The highest BCUT2D eigenvalue weighted by Gasteiger charge is 2.41. The number of alkyl halides is 5. The Morgan fingerprint density at radius 1 is 1.03 bits per heavy atom. The van der Waals surface area contributed by atoms with E-state index in [1.807, 2.05) is 4.90 Å². The maximum atomic E-state index is 13.1. The molecule has 7 nitrogen and oxygen atoms in total. The van der Waals surface area contributed by atoms with E-state index < -0.39 is 24.7 Å². The number of halogens is 5. The molecule has 2 aliphatic rings. The Labute approximate surface area is 192 Å². The minimum Gasteiger partial charge on any atom is -0.357 e. The fourth-order valence-electron chi connectivity index (χ4n) is 5.01. The molecule has 2 saturated heterocycles. The topological polar surface area (TPSA) is 63.0 Å². The highest BCUT2D eigenvalue weighted by Crippen LogP contribution is 2.42. The number of hydrogen-bond donors (Lipinski definition) is 0. The van der Waals surface area contributed by atoms with Crippen LogP contribution in [0.5, 0.6) is 0 Å². The Balaban J connectivity index is 1.29. The standard InChI is InChI=1S/C22H24F5N7/c1-14-19-20(34(31-14)12-16(23)24)30-18(11-29-19)33-9-5-21(13-33)3-7-32(8-4-21)17-10-15(2-6-28-17)22(25,26)27/h2,6,10-11,16H,3-5,7-9,12-13H2,1H3. The summed E-state index contributed by atoms with van der Waals surface area (Å²) in [5.41, 5.74) is 0.749. The van der Waals surface area contributed by atoms with Crippen molar-refractivity contribution in [2.24, 2.45) is 5.41 Å². The van der Waals surface area contributed by atoms with E-state index in [9.17, 15) is 22.0 Å². The zero-order chi connectivity index (χ0) is 24.1. The Morgan fingerprint density at radius 3 is 2.41 bits per heavy atom. The predicted molar refractivity (Wildman–Crippen MR) is 116 cm³/mol. The van der Waals surface area contributed by atoms with Crippen molar-refractivity contribution in [2.75, 3.05) is 36.0 Å². The van der Waals surface area contributed by atoms with Crippen LogP contribution < -0.4 is 9.80 Å². The van der Waals surface area contributed by atoms with Crippen LogP contribution in [-0.2, 0) is 12.7 Å². The lowest BCUT2D eigenvalue weighted by Gasteiger charge is -2.40. The average Bonchev–Trinajstić information content (AvgIpc) is 3.34. The van der Waals surface area contributed by atoms with Crippen molar-refractivity contribution in [3.8, 4) is 0 Å². The minimum absolute atomic E-state index is 0.0217. The van der Waals surface area contributed by atoms with E-state index >= 15 is 0 Å². The summed E-state index contributed by atoms with van der Waals surface area (Å²) < 4.78 is 66.3. The van der Waals surface area contributed by atoms with Crippen molar-refractivity contribution >= 4 is 22.8 Å². The first-order valence-electron chi connectivity index (χ1n) is 11.2. The second-order valence-electron chi connectivity index (χ2n) is 9.12. The molecular formula is C22H24F5N7. The van der Waals surface area contributed by atoms with Crippen LogP contribution in [0.3, 0.4) is 0 Å². The zero-order valence-corrected chi connectivity index (χ0v) is 18.6. The summed E-state index contributed by atoms with van der Waals surface area (Å²) in [7, 11) is 0. The molecule has 0 unspecified atom stereocenters. The van der Waals surface area contributed by atoms with Crippen LogP contribution in [-0.4, -0.2) is 57.3 Å². The summed E-state index contributed by atoms with van der Waals surface area (Å²) in [6.07, 6.45) is -1.52. The van der Waals surface area contributed by atoms with Gasteiger partial charge in [-0.15, -0.1) is 0 Å². The van der Waals surface area contributed by atoms with Crippen LogP contribution in [0.1, 0.15) is 30.5 Å². The fraction of sp³-hybridized carbons (Fsp3) is 0.545. The number of hydrogen-bond acceptors (Lipinski definition) is 6. The molecule has 2 aliphatic heterocycles. The molecule has 0 aromatic carbocycles. The molecule has 5 heterocycles. The summed E-state index contributed by atoms with van der Waals surface area (Å²) in [6, 6.07) is 2.09. The first-order chi connectivity index (χ1) is 16.1. The predicted octanol–water partition coefficient (Wildman–Crippen LogP) is 4.31. The van der Waals surface area contributed by atoms with Gasteiger partial charge in [-0.1, -0.05) is 0 Å². The lowest BCUT2D eigenvalue weighted by atomic mass is 9.78.